The third-order valence-electron chi connectivity index (χ3n) is 1.97. The van der Waals surface area contributed by atoms with Gasteiger partial charge < -0.3 is 14.5 Å². The third kappa shape index (κ3) is 2.57. The van der Waals surface area contributed by atoms with E-state index in [0.29, 0.717) is 6.42 Å². The molecule has 0 aliphatic rings. The highest BCUT2D eigenvalue weighted by Crippen LogP contribution is 2.12. The van der Waals surface area contributed by atoms with Crippen LogP contribution in [0.5, 0.6) is 0 Å². The molecule has 0 unspecified atom stereocenters. The van der Waals surface area contributed by atoms with Crippen LogP contribution in [0.1, 0.15) is 17.3 Å². The second-order valence-electron chi connectivity index (χ2n) is 3.10. The highest BCUT2D eigenvalue weighted by Gasteiger charge is 2.02. The number of hydrogen-bond donors (Lipinski definition) is 2. The number of aromatic nitrogens is 2. The Morgan fingerprint density at radius 2 is 2.40 bits per heavy atom. The van der Waals surface area contributed by atoms with Crippen LogP contribution in [0, 0.1) is 0 Å². The van der Waals surface area contributed by atoms with Crippen molar-refractivity contribution in [1.82, 2.24) is 9.97 Å². The van der Waals surface area contributed by atoms with Crippen LogP contribution in [0.4, 0.5) is 0 Å². The van der Waals surface area contributed by atoms with Gasteiger partial charge in [-0.1, -0.05) is 6.08 Å². The Morgan fingerprint density at radius 1 is 1.47 bits per heavy atom. The van der Waals surface area contributed by atoms with Gasteiger partial charge in [0, 0.05) is 12.4 Å². The lowest BCUT2D eigenvalue weighted by Gasteiger charge is -1.91. The first-order valence-corrected chi connectivity index (χ1v) is 4.73. The molecule has 0 atom stereocenters. The summed E-state index contributed by atoms with van der Waals surface area (Å²) in [6.45, 7) is 0.0220. The molecular weight excluding hydrogens is 192 g/mol. The molecule has 2 N–H and O–H groups in total. The normalized spacial score (nSPS) is 11.3. The summed E-state index contributed by atoms with van der Waals surface area (Å²) in [5, 5.41) is 8.60. The lowest BCUT2D eigenvalue weighted by atomic mass is 10.3. The maximum atomic E-state index is 8.60. The van der Waals surface area contributed by atoms with Crippen molar-refractivity contribution in [3.8, 4) is 0 Å². The van der Waals surface area contributed by atoms with Crippen LogP contribution in [-0.4, -0.2) is 21.7 Å². The number of aliphatic hydroxyl groups is 1. The van der Waals surface area contributed by atoms with Gasteiger partial charge in [-0.15, -0.1) is 0 Å². The third-order valence-corrected chi connectivity index (χ3v) is 1.97. The van der Waals surface area contributed by atoms with Crippen molar-refractivity contribution in [2.45, 2.75) is 6.42 Å². The standard InChI is InChI=1S/C11H12N2O2/c14-7-1-2-9-3-4-10(15-9)8-11-12-5-6-13-11/h1-6,14H,7-8H2,(H,12,13)/b2-1+. The number of aromatic amines is 1. The maximum Gasteiger partial charge on any atom is 0.126 e. The van der Waals surface area contributed by atoms with Gasteiger partial charge >= 0.3 is 0 Å². The summed E-state index contributed by atoms with van der Waals surface area (Å²) in [7, 11) is 0. The van der Waals surface area contributed by atoms with E-state index in [2.05, 4.69) is 9.97 Å². The summed E-state index contributed by atoms with van der Waals surface area (Å²) in [4.78, 5) is 7.12. The van der Waals surface area contributed by atoms with Crippen molar-refractivity contribution in [2.24, 2.45) is 0 Å². The molecule has 0 fully saturated rings. The van der Waals surface area contributed by atoms with Crippen LogP contribution in [-0.2, 0) is 6.42 Å². The van der Waals surface area contributed by atoms with Crippen molar-refractivity contribution in [3.63, 3.8) is 0 Å². The lowest BCUT2D eigenvalue weighted by Crippen LogP contribution is -1.87. The minimum absolute atomic E-state index is 0.0220. The Kier molecular flexibility index (Phi) is 2.99. The van der Waals surface area contributed by atoms with E-state index in [1.165, 1.54) is 0 Å². The molecule has 2 aromatic rings. The average molecular weight is 204 g/mol. The van der Waals surface area contributed by atoms with Crippen LogP contribution in [0.3, 0.4) is 0 Å². The monoisotopic (exact) mass is 204 g/mol. The van der Waals surface area contributed by atoms with Crippen molar-refractivity contribution < 1.29 is 9.52 Å². The minimum Gasteiger partial charge on any atom is -0.461 e. The van der Waals surface area contributed by atoms with Crippen LogP contribution < -0.4 is 0 Å². The fourth-order valence-corrected chi connectivity index (χ4v) is 1.31. The molecule has 0 saturated heterocycles. The smallest absolute Gasteiger partial charge is 0.126 e. The SMILES string of the molecule is OC/C=C/c1ccc(Cc2ncc[nH]2)o1. The summed E-state index contributed by atoms with van der Waals surface area (Å²) >= 11 is 0. The van der Waals surface area contributed by atoms with Gasteiger partial charge in [0.15, 0.2) is 0 Å². The molecule has 0 spiro atoms. The molecule has 4 heteroatoms. The number of nitrogens with one attached hydrogen (secondary N) is 1. The molecule has 0 aromatic carbocycles. The van der Waals surface area contributed by atoms with E-state index in [-0.39, 0.29) is 6.61 Å². The van der Waals surface area contributed by atoms with E-state index in [9.17, 15) is 0 Å². The number of rotatable bonds is 4. The van der Waals surface area contributed by atoms with Gasteiger partial charge in [-0.25, -0.2) is 4.98 Å². The highest BCUT2D eigenvalue weighted by molar-refractivity contribution is 5.42. The number of imidazole rings is 1. The predicted octanol–water partition coefficient (Wildman–Crippen LogP) is 1.60. The highest BCUT2D eigenvalue weighted by atomic mass is 16.3. The average Bonchev–Trinajstić information content (AvgIpc) is 2.87. The lowest BCUT2D eigenvalue weighted by molar-refractivity contribution is 0.343. The van der Waals surface area contributed by atoms with Gasteiger partial charge in [0.1, 0.15) is 17.3 Å². The summed E-state index contributed by atoms with van der Waals surface area (Å²) in [5.41, 5.74) is 0. The van der Waals surface area contributed by atoms with Gasteiger partial charge in [0.25, 0.3) is 0 Å². The Morgan fingerprint density at radius 3 is 3.13 bits per heavy atom. The second-order valence-corrected chi connectivity index (χ2v) is 3.10. The Hall–Kier alpha value is -1.81. The number of aliphatic hydroxyl groups excluding tert-OH is 1. The first-order chi connectivity index (χ1) is 7.38. The first kappa shape index (κ1) is 9.73. The zero-order valence-electron chi connectivity index (χ0n) is 8.18. The molecule has 0 amide bonds. The van der Waals surface area contributed by atoms with Crippen LogP contribution >= 0.6 is 0 Å². The molecule has 2 aromatic heterocycles. The van der Waals surface area contributed by atoms with E-state index < -0.39 is 0 Å². The summed E-state index contributed by atoms with van der Waals surface area (Å²) in [5.74, 6) is 2.47. The van der Waals surface area contributed by atoms with Crippen molar-refractivity contribution >= 4 is 6.08 Å². The topological polar surface area (TPSA) is 62.1 Å². The van der Waals surface area contributed by atoms with Crippen LogP contribution in [0.2, 0.25) is 0 Å². The molecule has 0 saturated carbocycles. The van der Waals surface area contributed by atoms with E-state index in [4.69, 9.17) is 9.52 Å². The minimum atomic E-state index is 0.0220. The quantitative estimate of drug-likeness (QED) is 0.795. The van der Waals surface area contributed by atoms with Gasteiger partial charge in [0.2, 0.25) is 0 Å². The number of nitrogens with zero attached hydrogens (tertiary/aromatic N) is 1. The number of furan rings is 1. The summed E-state index contributed by atoms with van der Waals surface area (Å²) < 4.78 is 5.50. The van der Waals surface area contributed by atoms with Gasteiger partial charge in [0.05, 0.1) is 13.0 Å². The zero-order valence-corrected chi connectivity index (χ0v) is 8.18. The molecule has 0 aliphatic carbocycles. The Balaban J connectivity index is 2.04. The predicted molar refractivity (Wildman–Crippen MR) is 56.2 cm³/mol. The first-order valence-electron chi connectivity index (χ1n) is 4.73. The Bertz CT molecular complexity index is 429. The molecule has 15 heavy (non-hydrogen) atoms. The van der Waals surface area contributed by atoms with Gasteiger partial charge in [-0.05, 0) is 18.2 Å². The van der Waals surface area contributed by atoms with Gasteiger partial charge in [-0.2, -0.15) is 0 Å². The van der Waals surface area contributed by atoms with E-state index in [1.807, 2.05) is 12.1 Å². The van der Waals surface area contributed by atoms with Crippen LogP contribution in [0.15, 0.2) is 35.0 Å². The Labute approximate surface area is 87.3 Å². The molecule has 0 radical (unpaired) electrons. The summed E-state index contributed by atoms with van der Waals surface area (Å²) in [6, 6.07) is 3.77. The second kappa shape index (κ2) is 4.61. The van der Waals surface area contributed by atoms with E-state index >= 15 is 0 Å². The number of hydrogen-bond acceptors (Lipinski definition) is 3. The fourth-order valence-electron chi connectivity index (χ4n) is 1.31. The fraction of sp³-hybridized carbons (Fsp3) is 0.182. The van der Waals surface area contributed by atoms with E-state index in [1.54, 1.807) is 24.5 Å². The van der Waals surface area contributed by atoms with Crippen LogP contribution in [0.25, 0.3) is 6.08 Å². The van der Waals surface area contributed by atoms with Gasteiger partial charge in [-0.3, -0.25) is 0 Å². The molecule has 0 aliphatic heterocycles. The molecular formula is C11H12N2O2. The maximum absolute atomic E-state index is 8.60. The van der Waals surface area contributed by atoms with Crippen molar-refractivity contribution in [1.29, 1.82) is 0 Å². The zero-order chi connectivity index (χ0) is 10.5. The largest absolute Gasteiger partial charge is 0.461 e. The molecule has 4 nitrogen and oxygen atoms in total. The molecule has 78 valence electrons. The van der Waals surface area contributed by atoms with Crippen molar-refractivity contribution in [2.75, 3.05) is 6.61 Å². The molecule has 2 heterocycles. The molecule has 0 bridgehead atoms. The summed E-state index contributed by atoms with van der Waals surface area (Å²) in [6.07, 6.45) is 7.52. The van der Waals surface area contributed by atoms with Crippen molar-refractivity contribution in [3.05, 3.63) is 47.9 Å². The van der Waals surface area contributed by atoms with E-state index in [0.717, 1.165) is 17.3 Å². The molecule has 2 rings (SSSR count). The number of H-pyrrole nitrogens is 1.